The topological polar surface area (TPSA) is 43.1 Å². The lowest BCUT2D eigenvalue weighted by Gasteiger charge is -2.08. The summed E-state index contributed by atoms with van der Waals surface area (Å²) in [4.78, 5) is 11.2. The van der Waals surface area contributed by atoms with E-state index in [0.717, 1.165) is 12.8 Å². The van der Waals surface area contributed by atoms with Crippen LogP contribution in [0.25, 0.3) is 0 Å². The van der Waals surface area contributed by atoms with Crippen LogP contribution in [0, 0.1) is 5.92 Å². The maximum absolute atomic E-state index is 11.2. The van der Waals surface area contributed by atoms with Gasteiger partial charge in [0.05, 0.1) is 0 Å². The molecule has 0 bridgehead atoms. The summed E-state index contributed by atoms with van der Waals surface area (Å²) in [6.07, 6.45) is 1.79. The molecule has 0 spiro atoms. The minimum atomic E-state index is 0.0936. The molecule has 2 N–H and O–H groups in total. The highest BCUT2D eigenvalue weighted by Gasteiger charge is 2.11. The van der Waals surface area contributed by atoms with Crippen LogP contribution in [-0.2, 0) is 4.79 Å². The van der Waals surface area contributed by atoms with Gasteiger partial charge in [-0.3, -0.25) is 4.79 Å². The highest BCUT2D eigenvalue weighted by molar-refractivity contribution is 5.95. The predicted octanol–water partition coefficient (Wildman–Crippen LogP) is 1.51. The minimum absolute atomic E-state index is 0.0936. The van der Waals surface area contributed by atoms with Crippen molar-refractivity contribution in [2.24, 2.45) is 11.7 Å². The van der Waals surface area contributed by atoms with E-state index in [1.54, 1.807) is 6.92 Å². The molecule has 1 unspecified atom stereocenters. The van der Waals surface area contributed by atoms with Crippen molar-refractivity contribution in [1.82, 2.24) is 0 Å². The van der Waals surface area contributed by atoms with E-state index < -0.39 is 0 Å². The monoisotopic (exact) mass is 155 g/mol. The Morgan fingerprint density at radius 2 is 2.18 bits per heavy atom. The first-order valence-corrected chi connectivity index (χ1v) is 3.99. The second-order valence-electron chi connectivity index (χ2n) is 2.98. The number of hydrogen-bond donors (Lipinski definition) is 1. The molecule has 2 heteroatoms. The molecular formula is C9H17NO. The summed E-state index contributed by atoms with van der Waals surface area (Å²) < 4.78 is 0. The molecule has 0 fully saturated rings. The van der Waals surface area contributed by atoms with Crippen LogP contribution in [0.5, 0.6) is 0 Å². The lowest BCUT2D eigenvalue weighted by molar-refractivity contribution is -0.118. The maximum Gasteiger partial charge on any atom is 0.160 e. The summed E-state index contributed by atoms with van der Waals surface area (Å²) in [5.74, 6) is 0.259. The van der Waals surface area contributed by atoms with Crippen LogP contribution in [0.15, 0.2) is 12.2 Å². The average Bonchev–Trinajstić information content (AvgIpc) is 1.98. The number of nitrogens with two attached hydrogens (primary N) is 1. The molecule has 0 saturated heterocycles. The largest absolute Gasteiger partial charge is 0.330 e. The molecule has 0 aromatic heterocycles. The zero-order chi connectivity index (χ0) is 8.85. The third kappa shape index (κ3) is 3.94. The molecule has 0 aliphatic heterocycles. The Hall–Kier alpha value is -0.630. The van der Waals surface area contributed by atoms with Gasteiger partial charge in [0, 0.05) is 5.92 Å². The smallest absolute Gasteiger partial charge is 0.160 e. The molecule has 0 aromatic rings. The Labute approximate surface area is 68.5 Å². The Morgan fingerprint density at radius 3 is 2.55 bits per heavy atom. The Balaban J connectivity index is 3.73. The van der Waals surface area contributed by atoms with Gasteiger partial charge in [0.2, 0.25) is 0 Å². The first kappa shape index (κ1) is 10.4. The van der Waals surface area contributed by atoms with Crippen molar-refractivity contribution >= 4 is 5.78 Å². The summed E-state index contributed by atoms with van der Waals surface area (Å²) in [7, 11) is 0. The van der Waals surface area contributed by atoms with E-state index in [9.17, 15) is 4.79 Å². The predicted molar refractivity (Wildman–Crippen MR) is 47.3 cm³/mol. The fourth-order valence-electron chi connectivity index (χ4n) is 0.976. The quantitative estimate of drug-likeness (QED) is 0.611. The van der Waals surface area contributed by atoms with Crippen molar-refractivity contribution in [2.75, 3.05) is 6.54 Å². The van der Waals surface area contributed by atoms with Gasteiger partial charge in [-0.15, -0.1) is 0 Å². The summed E-state index contributed by atoms with van der Waals surface area (Å²) in [6.45, 7) is 7.94. The van der Waals surface area contributed by atoms with E-state index in [1.165, 1.54) is 0 Å². The van der Waals surface area contributed by atoms with Crippen molar-refractivity contribution in [1.29, 1.82) is 0 Å². The molecule has 0 amide bonds. The van der Waals surface area contributed by atoms with Gasteiger partial charge in [-0.05, 0) is 31.9 Å². The summed E-state index contributed by atoms with van der Waals surface area (Å²) in [5, 5.41) is 0. The van der Waals surface area contributed by atoms with Crippen LogP contribution in [0.2, 0.25) is 0 Å². The Bertz CT molecular complexity index is 152. The van der Waals surface area contributed by atoms with Crippen molar-refractivity contribution in [3.05, 3.63) is 12.2 Å². The van der Waals surface area contributed by atoms with Crippen molar-refractivity contribution < 1.29 is 4.79 Å². The van der Waals surface area contributed by atoms with Crippen molar-refractivity contribution in [2.45, 2.75) is 26.7 Å². The molecule has 1 atom stereocenters. The van der Waals surface area contributed by atoms with Crippen LogP contribution >= 0.6 is 0 Å². The second kappa shape index (κ2) is 5.08. The molecule has 64 valence electrons. The standard InChI is InChI=1S/C9H17NO/c1-7(2)9(11)8(3)5-4-6-10/h8H,1,4-6,10H2,2-3H3. The van der Waals surface area contributed by atoms with Gasteiger partial charge in [0.15, 0.2) is 5.78 Å². The normalized spacial score (nSPS) is 12.6. The minimum Gasteiger partial charge on any atom is -0.330 e. The second-order valence-corrected chi connectivity index (χ2v) is 2.98. The maximum atomic E-state index is 11.2. The number of allylic oxidation sites excluding steroid dienone is 1. The number of hydrogen-bond acceptors (Lipinski definition) is 2. The van der Waals surface area contributed by atoms with Gasteiger partial charge < -0.3 is 5.73 Å². The lowest BCUT2D eigenvalue weighted by Crippen LogP contribution is -2.13. The van der Waals surface area contributed by atoms with E-state index >= 15 is 0 Å². The molecular weight excluding hydrogens is 138 g/mol. The van der Waals surface area contributed by atoms with Gasteiger partial charge >= 0.3 is 0 Å². The van der Waals surface area contributed by atoms with Crippen LogP contribution in [0.3, 0.4) is 0 Å². The molecule has 0 aliphatic rings. The summed E-state index contributed by atoms with van der Waals surface area (Å²) in [6, 6.07) is 0. The van der Waals surface area contributed by atoms with Crippen LogP contribution < -0.4 is 5.73 Å². The van der Waals surface area contributed by atoms with Crippen LogP contribution in [0.1, 0.15) is 26.7 Å². The first-order chi connectivity index (χ1) is 5.09. The number of rotatable bonds is 5. The average molecular weight is 155 g/mol. The lowest BCUT2D eigenvalue weighted by atomic mass is 9.97. The van der Waals surface area contributed by atoms with E-state index in [0.29, 0.717) is 12.1 Å². The molecule has 0 heterocycles. The molecule has 0 aromatic carbocycles. The molecule has 0 rings (SSSR count). The number of ketones is 1. The Morgan fingerprint density at radius 1 is 1.64 bits per heavy atom. The summed E-state index contributed by atoms with van der Waals surface area (Å²) in [5.41, 5.74) is 5.97. The number of Topliss-reactive ketones (excluding diaryl/α,β-unsaturated/α-hetero) is 1. The zero-order valence-corrected chi connectivity index (χ0v) is 7.39. The van der Waals surface area contributed by atoms with Crippen molar-refractivity contribution in [3.8, 4) is 0 Å². The van der Waals surface area contributed by atoms with Gasteiger partial charge in [-0.25, -0.2) is 0 Å². The van der Waals surface area contributed by atoms with Crippen molar-refractivity contribution in [3.63, 3.8) is 0 Å². The van der Waals surface area contributed by atoms with Crippen LogP contribution in [-0.4, -0.2) is 12.3 Å². The third-order valence-corrected chi connectivity index (χ3v) is 1.71. The van der Waals surface area contributed by atoms with Crippen LogP contribution in [0.4, 0.5) is 0 Å². The van der Waals surface area contributed by atoms with Gasteiger partial charge in [0.25, 0.3) is 0 Å². The number of carbonyl (C=O) groups is 1. The fraction of sp³-hybridized carbons (Fsp3) is 0.667. The van der Waals surface area contributed by atoms with Gasteiger partial charge in [0.1, 0.15) is 0 Å². The van der Waals surface area contributed by atoms with Gasteiger partial charge in [-0.1, -0.05) is 13.5 Å². The van der Waals surface area contributed by atoms with E-state index in [1.807, 2.05) is 6.92 Å². The fourth-order valence-corrected chi connectivity index (χ4v) is 0.976. The molecule has 0 saturated carbocycles. The molecule has 2 nitrogen and oxygen atoms in total. The van der Waals surface area contributed by atoms with E-state index in [4.69, 9.17) is 5.73 Å². The highest BCUT2D eigenvalue weighted by Crippen LogP contribution is 2.10. The SMILES string of the molecule is C=C(C)C(=O)C(C)CCCN. The van der Waals surface area contributed by atoms with E-state index in [2.05, 4.69) is 6.58 Å². The van der Waals surface area contributed by atoms with Gasteiger partial charge in [-0.2, -0.15) is 0 Å². The Kier molecular flexibility index (Phi) is 4.79. The molecule has 0 radical (unpaired) electrons. The third-order valence-electron chi connectivity index (χ3n) is 1.71. The molecule has 0 aliphatic carbocycles. The zero-order valence-electron chi connectivity index (χ0n) is 7.39. The number of carbonyl (C=O) groups excluding carboxylic acids is 1. The molecule has 11 heavy (non-hydrogen) atoms. The highest BCUT2D eigenvalue weighted by atomic mass is 16.1. The first-order valence-electron chi connectivity index (χ1n) is 3.99. The summed E-state index contributed by atoms with van der Waals surface area (Å²) >= 11 is 0. The van der Waals surface area contributed by atoms with E-state index in [-0.39, 0.29) is 11.7 Å².